The highest BCUT2D eigenvalue weighted by Crippen LogP contribution is 2.36. The van der Waals surface area contributed by atoms with Gasteiger partial charge >= 0.3 is 5.97 Å². The fourth-order valence-electron chi connectivity index (χ4n) is 0.986. The summed E-state index contributed by atoms with van der Waals surface area (Å²) in [7, 11) is 1.14. The number of hydrogen-bond acceptors (Lipinski definition) is 4. The van der Waals surface area contributed by atoms with Gasteiger partial charge in [-0.3, -0.25) is 0 Å². The van der Waals surface area contributed by atoms with Gasteiger partial charge < -0.3 is 13.9 Å². The van der Waals surface area contributed by atoms with Gasteiger partial charge in [0.25, 0.3) is 0 Å². The average molecular weight is 286 g/mol. The molecule has 0 atom stereocenters. The quantitative estimate of drug-likeness (QED) is 0.247. The van der Waals surface area contributed by atoms with Crippen LogP contribution in [0.3, 0.4) is 0 Å². The molecular formula is C14H26O4Si. The van der Waals surface area contributed by atoms with Gasteiger partial charge in [-0.25, -0.2) is 4.79 Å². The molecule has 0 aliphatic carbocycles. The van der Waals surface area contributed by atoms with Crippen LogP contribution in [0, 0.1) is 0 Å². The zero-order valence-corrected chi connectivity index (χ0v) is 14.1. The van der Waals surface area contributed by atoms with Crippen LogP contribution in [-0.4, -0.2) is 35.1 Å². The van der Waals surface area contributed by atoms with Crippen molar-refractivity contribution in [2.24, 2.45) is 0 Å². The van der Waals surface area contributed by atoms with Crippen LogP contribution in [0.15, 0.2) is 24.0 Å². The van der Waals surface area contributed by atoms with E-state index in [1.807, 2.05) is 6.08 Å². The highest BCUT2D eigenvalue weighted by molar-refractivity contribution is 6.74. The van der Waals surface area contributed by atoms with Gasteiger partial charge in [0.15, 0.2) is 8.32 Å². The summed E-state index contributed by atoms with van der Waals surface area (Å²) in [5.41, 5.74) is 0. The number of hydrogen-bond donors (Lipinski definition) is 0. The van der Waals surface area contributed by atoms with Crippen LogP contribution in [0.4, 0.5) is 0 Å². The van der Waals surface area contributed by atoms with E-state index in [-0.39, 0.29) is 5.04 Å². The standard InChI is InChI=1S/C14H26O4Si/c1-14(2,3)19(6,7)18-11-10-12(16-4)8-9-13(15)17-5/h8-10H,11H2,1-7H3/b9-8+,12-10+. The van der Waals surface area contributed by atoms with Crippen LogP contribution in [0.2, 0.25) is 18.1 Å². The van der Waals surface area contributed by atoms with Crippen LogP contribution in [0.1, 0.15) is 20.8 Å². The van der Waals surface area contributed by atoms with Gasteiger partial charge in [0.1, 0.15) is 5.76 Å². The second kappa shape index (κ2) is 7.50. The maximum atomic E-state index is 11.0. The molecule has 4 nitrogen and oxygen atoms in total. The summed E-state index contributed by atoms with van der Waals surface area (Å²) in [5.74, 6) is 0.178. The minimum atomic E-state index is -1.75. The van der Waals surface area contributed by atoms with E-state index in [1.165, 1.54) is 13.2 Å². The lowest BCUT2D eigenvalue weighted by Crippen LogP contribution is -2.40. The molecule has 0 N–H and O–H groups in total. The van der Waals surface area contributed by atoms with Gasteiger partial charge in [0.05, 0.1) is 20.8 Å². The van der Waals surface area contributed by atoms with E-state index in [1.54, 1.807) is 13.2 Å². The van der Waals surface area contributed by atoms with Crippen LogP contribution >= 0.6 is 0 Å². The highest BCUT2D eigenvalue weighted by atomic mass is 28.4. The lowest BCUT2D eigenvalue weighted by atomic mass is 10.2. The summed E-state index contributed by atoms with van der Waals surface area (Å²) in [6.45, 7) is 11.4. The van der Waals surface area contributed by atoms with Gasteiger partial charge in [-0.2, -0.15) is 0 Å². The zero-order valence-electron chi connectivity index (χ0n) is 13.1. The Morgan fingerprint density at radius 3 is 2.11 bits per heavy atom. The van der Waals surface area contributed by atoms with Gasteiger partial charge in [0.2, 0.25) is 0 Å². The van der Waals surface area contributed by atoms with Crippen molar-refractivity contribution in [3.05, 3.63) is 24.0 Å². The summed E-state index contributed by atoms with van der Waals surface area (Å²) in [5, 5.41) is 0.177. The lowest BCUT2D eigenvalue weighted by molar-refractivity contribution is -0.134. The first kappa shape index (κ1) is 17.9. The molecule has 0 heterocycles. The molecule has 0 bridgehead atoms. The topological polar surface area (TPSA) is 44.8 Å². The molecule has 0 fully saturated rings. The maximum Gasteiger partial charge on any atom is 0.330 e. The van der Waals surface area contributed by atoms with Crippen LogP contribution in [-0.2, 0) is 18.7 Å². The number of esters is 1. The Hall–Kier alpha value is -1.07. The van der Waals surface area contributed by atoms with Crippen molar-refractivity contribution in [3.63, 3.8) is 0 Å². The molecule has 0 aliphatic rings. The van der Waals surface area contributed by atoms with Gasteiger partial charge in [-0.05, 0) is 30.3 Å². The highest BCUT2D eigenvalue weighted by Gasteiger charge is 2.36. The first-order valence-corrected chi connectivity index (χ1v) is 9.19. The maximum absolute atomic E-state index is 11.0. The third-order valence-corrected chi connectivity index (χ3v) is 7.86. The SMILES string of the molecule is COC(=O)/C=C/C(=C\CO[Si](C)(C)C(C)(C)C)OC. The van der Waals surface area contributed by atoms with Crippen molar-refractivity contribution in [3.8, 4) is 0 Å². The number of rotatable bonds is 6. The molecule has 0 aliphatic heterocycles. The smallest absolute Gasteiger partial charge is 0.330 e. The molecule has 0 unspecified atom stereocenters. The largest absolute Gasteiger partial charge is 0.497 e. The predicted molar refractivity (Wildman–Crippen MR) is 79.4 cm³/mol. The van der Waals surface area contributed by atoms with E-state index in [9.17, 15) is 4.79 Å². The van der Waals surface area contributed by atoms with E-state index in [4.69, 9.17) is 9.16 Å². The molecule has 0 saturated carbocycles. The molecule has 19 heavy (non-hydrogen) atoms. The Morgan fingerprint density at radius 2 is 1.68 bits per heavy atom. The fraction of sp³-hybridized carbons (Fsp3) is 0.643. The summed E-state index contributed by atoms with van der Waals surface area (Å²) in [6.07, 6.45) is 4.71. The lowest BCUT2D eigenvalue weighted by Gasteiger charge is -2.35. The van der Waals surface area contributed by atoms with E-state index >= 15 is 0 Å². The van der Waals surface area contributed by atoms with Crippen molar-refractivity contribution in [2.45, 2.75) is 38.9 Å². The van der Waals surface area contributed by atoms with Crippen LogP contribution in [0.5, 0.6) is 0 Å². The first-order valence-electron chi connectivity index (χ1n) is 6.28. The number of carbonyl (C=O) groups excluding carboxylic acids is 1. The van der Waals surface area contributed by atoms with Crippen molar-refractivity contribution >= 4 is 14.3 Å². The molecule has 0 rings (SSSR count). The van der Waals surface area contributed by atoms with Crippen molar-refractivity contribution in [1.29, 1.82) is 0 Å². The molecule has 0 spiro atoms. The second-order valence-corrected chi connectivity index (χ2v) is 10.5. The Bertz CT molecular complexity index is 351. The number of allylic oxidation sites excluding steroid dienone is 1. The van der Waals surface area contributed by atoms with Crippen molar-refractivity contribution in [2.75, 3.05) is 20.8 Å². The monoisotopic (exact) mass is 286 g/mol. The summed E-state index contributed by atoms with van der Waals surface area (Å²) in [6, 6.07) is 0. The Kier molecular flexibility index (Phi) is 7.08. The van der Waals surface area contributed by atoms with Crippen LogP contribution in [0.25, 0.3) is 0 Å². The Labute approximate surface area is 117 Å². The molecule has 0 aromatic heterocycles. The molecule has 0 aromatic carbocycles. The second-order valence-electron chi connectivity index (χ2n) is 5.74. The normalized spacial score (nSPS) is 13.7. The van der Waals surface area contributed by atoms with Gasteiger partial charge in [0, 0.05) is 6.08 Å². The first-order chi connectivity index (χ1) is 8.64. The van der Waals surface area contributed by atoms with Crippen molar-refractivity contribution in [1.82, 2.24) is 0 Å². The fourth-order valence-corrected chi connectivity index (χ4v) is 1.92. The molecule has 0 radical (unpaired) electrons. The minimum absolute atomic E-state index is 0.177. The summed E-state index contributed by atoms with van der Waals surface area (Å²) in [4.78, 5) is 11.0. The summed E-state index contributed by atoms with van der Waals surface area (Å²) >= 11 is 0. The minimum Gasteiger partial charge on any atom is -0.497 e. The third kappa shape index (κ3) is 6.59. The molecule has 0 saturated heterocycles. The van der Waals surface area contributed by atoms with Gasteiger partial charge in [-0.15, -0.1) is 0 Å². The van der Waals surface area contributed by atoms with Crippen molar-refractivity contribution < 1.29 is 18.7 Å². The van der Waals surface area contributed by atoms with E-state index in [0.29, 0.717) is 12.4 Å². The number of methoxy groups -OCH3 is 2. The van der Waals surface area contributed by atoms with E-state index in [2.05, 4.69) is 38.6 Å². The van der Waals surface area contributed by atoms with Crippen LogP contribution < -0.4 is 0 Å². The third-order valence-electron chi connectivity index (χ3n) is 3.36. The molecule has 5 heteroatoms. The average Bonchev–Trinajstić information content (AvgIpc) is 2.31. The molecular weight excluding hydrogens is 260 g/mol. The number of carbonyl (C=O) groups is 1. The number of ether oxygens (including phenoxy) is 2. The van der Waals surface area contributed by atoms with Gasteiger partial charge in [-0.1, -0.05) is 20.8 Å². The van der Waals surface area contributed by atoms with E-state index < -0.39 is 14.3 Å². The van der Waals surface area contributed by atoms with E-state index in [0.717, 1.165) is 0 Å². The summed E-state index contributed by atoms with van der Waals surface area (Å²) < 4.78 is 15.7. The molecule has 0 amide bonds. The Morgan fingerprint density at radius 1 is 1.11 bits per heavy atom. The Balaban J connectivity index is 4.52. The molecule has 0 aromatic rings. The molecule has 110 valence electrons. The zero-order chi connectivity index (χ0) is 15.1. The predicted octanol–water partition coefficient (Wildman–Crippen LogP) is 3.27.